The molecule has 1 unspecified atom stereocenters. The molecule has 0 amide bonds. The third-order valence-electron chi connectivity index (χ3n) is 2.36. The normalized spacial score (nSPS) is 12.5. The van der Waals surface area contributed by atoms with Gasteiger partial charge in [0.2, 0.25) is 0 Å². The lowest BCUT2D eigenvalue weighted by Crippen LogP contribution is -2.24. The van der Waals surface area contributed by atoms with E-state index in [1.54, 1.807) is 14.0 Å². The molecular formula is C12H15F2NO. The molecule has 2 nitrogen and oxygen atoms in total. The van der Waals surface area contributed by atoms with E-state index in [1.165, 1.54) is 12.1 Å². The summed E-state index contributed by atoms with van der Waals surface area (Å²) in [4.78, 5) is 11.6. The Bertz CT molecular complexity index is 359. The number of nitrogens with one attached hydrogen (secondary N) is 1. The standard InChI is InChI=1S/C12H15F2NO/c1-8(7-15-2)12(16)5-9-3-10(13)6-11(14)4-9/h3-4,6,8,15H,5,7H2,1-2H3. The number of halogens is 2. The Labute approximate surface area is 93.7 Å². The van der Waals surface area contributed by atoms with E-state index in [0.717, 1.165) is 6.07 Å². The summed E-state index contributed by atoms with van der Waals surface area (Å²) >= 11 is 0. The van der Waals surface area contributed by atoms with Crippen molar-refractivity contribution in [2.75, 3.05) is 13.6 Å². The molecule has 0 aromatic heterocycles. The van der Waals surface area contributed by atoms with Gasteiger partial charge in [-0.2, -0.15) is 0 Å². The molecule has 0 aliphatic carbocycles. The molecule has 0 spiro atoms. The van der Waals surface area contributed by atoms with Gasteiger partial charge in [0.1, 0.15) is 17.4 Å². The molecule has 16 heavy (non-hydrogen) atoms. The van der Waals surface area contributed by atoms with Crippen LogP contribution in [0, 0.1) is 17.6 Å². The molecule has 0 bridgehead atoms. The van der Waals surface area contributed by atoms with Gasteiger partial charge in [0.25, 0.3) is 0 Å². The highest BCUT2D eigenvalue weighted by molar-refractivity contribution is 5.83. The van der Waals surface area contributed by atoms with Crippen molar-refractivity contribution in [1.82, 2.24) is 5.32 Å². The van der Waals surface area contributed by atoms with Gasteiger partial charge in [-0.3, -0.25) is 4.79 Å². The maximum absolute atomic E-state index is 12.9. The van der Waals surface area contributed by atoms with E-state index in [2.05, 4.69) is 5.32 Å². The van der Waals surface area contributed by atoms with Crippen LogP contribution in [0.2, 0.25) is 0 Å². The van der Waals surface area contributed by atoms with Crippen LogP contribution in [0.4, 0.5) is 8.78 Å². The molecular weight excluding hydrogens is 212 g/mol. The van der Waals surface area contributed by atoms with Crippen LogP contribution < -0.4 is 5.32 Å². The molecule has 4 heteroatoms. The number of benzene rings is 1. The molecule has 1 N–H and O–H groups in total. The van der Waals surface area contributed by atoms with Gasteiger partial charge in [-0.15, -0.1) is 0 Å². The topological polar surface area (TPSA) is 29.1 Å². The highest BCUT2D eigenvalue weighted by Crippen LogP contribution is 2.10. The van der Waals surface area contributed by atoms with E-state index < -0.39 is 11.6 Å². The Morgan fingerprint density at radius 3 is 2.38 bits per heavy atom. The summed E-state index contributed by atoms with van der Waals surface area (Å²) in [6.07, 6.45) is 0.0670. The van der Waals surface area contributed by atoms with Crippen molar-refractivity contribution in [3.8, 4) is 0 Å². The number of rotatable bonds is 5. The Hall–Kier alpha value is -1.29. The van der Waals surface area contributed by atoms with Crippen LogP contribution >= 0.6 is 0 Å². The van der Waals surface area contributed by atoms with Crippen molar-refractivity contribution in [3.63, 3.8) is 0 Å². The fourth-order valence-electron chi connectivity index (χ4n) is 1.51. The molecule has 1 rings (SSSR count). The van der Waals surface area contributed by atoms with Crippen LogP contribution in [0.25, 0.3) is 0 Å². The van der Waals surface area contributed by atoms with Gasteiger partial charge in [0, 0.05) is 24.9 Å². The number of hydrogen-bond donors (Lipinski definition) is 1. The van der Waals surface area contributed by atoms with E-state index in [-0.39, 0.29) is 18.1 Å². The lowest BCUT2D eigenvalue weighted by molar-refractivity contribution is -0.121. The number of hydrogen-bond acceptors (Lipinski definition) is 2. The zero-order valence-corrected chi connectivity index (χ0v) is 9.39. The van der Waals surface area contributed by atoms with Gasteiger partial charge >= 0.3 is 0 Å². The number of ketones is 1. The second-order valence-electron chi connectivity index (χ2n) is 3.88. The monoisotopic (exact) mass is 227 g/mol. The molecule has 0 heterocycles. The minimum Gasteiger partial charge on any atom is -0.319 e. The molecule has 0 fully saturated rings. The molecule has 0 saturated carbocycles. The van der Waals surface area contributed by atoms with Crippen molar-refractivity contribution in [1.29, 1.82) is 0 Å². The van der Waals surface area contributed by atoms with Gasteiger partial charge in [0.05, 0.1) is 0 Å². The first kappa shape index (κ1) is 12.8. The summed E-state index contributed by atoms with van der Waals surface area (Å²) in [6.45, 7) is 2.35. The first-order valence-electron chi connectivity index (χ1n) is 5.15. The largest absolute Gasteiger partial charge is 0.319 e. The fourth-order valence-corrected chi connectivity index (χ4v) is 1.51. The lowest BCUT2D eigenvalue weighted by atomic mass is 9.99. The molecule has 0 saturated heterocycles. The second kappa shape index (κ2) is 5.70. The van der Waals surface area contributed by atoms with E-state index in [4.69, 9.17) is 0 Å². The molecule has 88 valence electrons. The fraction of sp³-hybridized carbons (Fsp3) is 0.417. The maximum atomic E-state index is 12.9. The van der Waals surface area contributed by atoms with Gasteiger partial charge in [-0.05, 0) is 24.7 Å². The molecule has 0 aliphatic rings. The van der Waals surface area contributed by atoms with Crippen LogP contribution in [0.15, 0.2) is 18.2 Å². The van der Waals surface area contributed by atoms with Crippen molar-refractivity contribution in [2.45, 2.75) is 13.3 Å². The highest BCUT2D eigenvalue weighted by Gasteiger charge is 2.13. The average Bonchev–Trinajstić information content (AvgIpc) is 2.16. The van der Waals surface area contributed by atoms with Crippen LogP contribution in [-0.4, -0.2) is 19.4 Å². The summed E-state index contributed by atoms with van der Waals surface area (Å²) < 4.78 is 25.7. The third kappa shape index (κ3) is 3.70. The first-order chi connectivity index (χ1) is 7.52. The van der Waals surface area contributed by atoms with Crippen LogP contribution in [0.1, 0.15) is 12.5 Å². The zero-order valence-electron chi connectivity index (χ0n) is 9.39. The van der Waals surface area contributed by atoms with Gasteiger partial charge in [-0.25, -0.2) is 8.78 Å². The smallest absolute Gasteiger partial charge is 0.141 e. The minimum atomic E-state index is -0.649. The van der Waals surface area contributed by atoms with Gasteiger partial charge in [0.15, 0.2) is 0 Å². The molecule has 0 aliphatic heterocycles. The zero-order chi connectivity index (χ0) is 12.1. The van der Waals surface area contributed by atoms with Crippen molar-refractivity contribution < 1.29 is 13.6 Å². The Morgan fingerprint density at radius 1 is 1.31 bits per heavy atom. The average molecular weight is 227 g/mol. The first-order valence-corrected chi connectivity index (χ1v) is 5.15. The van der Waals surface area contributed by atoms with Crippen LogP contribution in [0.5, 0.6) is 0 Å². The van der Waals surface area contributed by atoms with E-state index in [1.807, 2.05) is 0 Å². The minimum absolute atomic E-state index is 0.0284. The summed E-state index contributed by atoms with van der Waals surface area (Å²) in [5.41, 5.74) is 0.380. The lowest BCUT2D eigenvalue weighted by Gasteiger charge is -2.09. The van der Waals surface area contributed by atoms with Crippen molar-refractivity contribution in [3.05, 3.63) is 35.4 Å². The van der Waals surface area contributed by atoms with E-state index in [9.17, 15) is 13.6 Å². The molecule has 1 aromatic rings. The summed E-state index contributed by atoms with van der Waals surface area (Å²) in [5.74, 6) is -1.48. The summed E-state index contributed by atoms with van der Waals surface area (Å²) in [7, 11) is 1.76. The molecule has 1 atom stereocenters. The number of Topliss-reactive ketones (excluding diaryl/α,β-unsaturated/α-hetero) is 1. The van der Waals surface area contributed by atoms with Crippen molar-refractivity contribution in [2.24, 2.45) is 5.92 Å². The summed E-state index contributed by atoms with van der Waals surface area (Å²) in [6, 6.07) is 3.17. The Morgan fingerprint density at radius 2 is 1.88 bits per heavy atom. The van der Waals surface area contributed by atoms with Gasteiger partial charge < -0.3 is 5.32 Å². The molecule has 1 aromatic carbocycles. The highest BCUT2D eigenvalue weighted by atomic mass is 19.1. The van der Waals surface area contributed by atoms with Crippen LogP contribution in [0.3, 0.4) is 0 Å². The third-order valence-corrected chi connectivity index (χ3v) is 2.36. The molecule has 0 radical (unpaired) electrons. The van der Waals surface area contributed by atoms with Crippen LogP contribution in [-0.2, 0) is 11.2 Å². The maximum Gasteiger partial charge on any atom is 0.141 e. The van der Waals surface area contributed by atoms with Crippen molar-refractivity contribution >= 4 is 5.78 Å². The van der Waals surface area contributed by atoms with Gasteiger partial charge in [-0.1, -0.05) is 6.92 Å². The predicted molar refractivity (Wildman–Crippen MR) is 58.2 cm³/mol. The SMILES string of the molecule is CNCC(C)C(=O)Cc1cc(F)cc(F)c1. The number of carbonyl (C=O) groups is 1. The van der Waals surface area contributed by atoms with E-state index in [0.29, 0.717) is 12.1 Å². The van der Waals surface area contributed by atoms with E-state index >= 15 is 0 Å². The number of carbonyl (C=O) groups excluding carboxylic acids is 1. The second-order valence-corrected chi connectivity index (χ2v) is 3.88. The Kier molecular flexibility index (Phi) is 4.55. The summed E-state index contributed by atoms with van der Waals surface area (Å²) in [5, 5.41) is 2.89. The predicted octanol–water partition coefficient (Wildman–Crippen LogP) is 1.93. The Balaban J connectivity index is 2.69. The quantitative estimate of drug-likeness (QED) is 0.832.